The first-order valence-corrected chi connectivity index (χ1v) is 9.27. The summed E-state index contributed by atoms with van der Waals surface area (Å²) in [6.07, 6.45) is 2.12. The number of piperidine rings is 1. The molecule has 0 aromatic heterocycles. The molecular weight excluding hydrogens is 288 g/mol. The molecule has 2 N–H and O–H groups in total. The maximum Gasteiger partial charge on any atom is 0.153 e. The average Bonchev–Trinajstić information content (AvgIpc) is 2.47. The fraction of sp³-hybridized carbons (Fsp3) is 0.600. The number of nitrogens with two attached hydrogens (primary N) is 1. The molecule has 1 fully saturated rings. The molecule has 1 unspecified atom stereocenters. The van der Waals surface area contributed by atoms with Crippen LogP contribution in [0.15, 0.2) is 24.3 Å². The van der Waals surface area contributed by atoms with Crippen molar-refractivity contribution in [2.24, 2.45) is 5.73 Å². The van der Waals surface area contributed by atoms with E-state index in [9.17, 15) is 8.42 Å². The monoisotopic (exact) mass is 312 g/mol. The number of rotatable bonds is 6. The van der Waals surface area contributed by atoms with Crippen molar-refractivity contribution < 1.29 is 13.2 Å². The van der Waals surface area contributed by atoms with E-state index in [0.717, 1.165) is 37.4 Å². The summed E-state index contributed by atoms with van der Waals surface area (Å²) < 4.78 is 28.7. The van der Waals surface area contributed by atoms with Crippen LogP contribution in [0.2, 0.25) is 0 Å². The number of nitrogens with zero attached hydrogens (tertiary/aromatic N) is 1. The highest BCUT2D eigenvalue weighted by molar-refractivity contribution is 7.91. The van der Waals surface area contributed by atoms with Gasteiger partial charge in [0.2, 0.25) is 0 Å². The van der Waals surface area contributed by atoms with Crippen molar-refractivity contribution in [1.82, 2.24) is 0 Å². The Morgan fingerprint density at radius 3 is 2.86 bits per heavy atom. The number of hydrogen-bond acceptors (Lipinski definition) is 5. The van der Waals surface area contributed by atoms with Gasteiger partial charge in [0.1, 0.15) is 12.4 Å². The van der Waals surface area contributed by atoms with Crippen molar-refractivity contribution in [3.8, 4) is 5.75 Å². The van der Waals surface area contributed by atoms with Gasteiger partial charge in [-0.15, -0.1) is 0 Å². The Hall–Kier alpha value is -1.27. The van der Waals surface area contributed by atoms with Crippen molar-refractivity contribution in [2.45, 2.75) is 25.8 Å². The molecule has 0 aliphatic carbocycles. The van der Waals surface area contributed by atoms with Gasteiger partial charge in [0.25, 0.3) is 0 Å². The SMILES string of the molecule is CCS(=O)(=O)CCOc1ccccc1N1CCCC(N)C1. The van der Waals surface area contributed by atoms with Gasteiger partial charge in [-0.1, -0.05) is 19.1 Å². The van der Waals surface area contributed by atoms with E-state index in [4.69, 9.17) is 10.5 Å². The van der Waals surface area contributed by atoms with E-state index < -0.39 is 9.84 Å². The fourth-order valence-electron chi connectivity index (χ4n) is 2.49. The topological polar surface area (TPSA) is 72.6 Å². The molecule has 0 spiro atoms. The second-order valence-electron chi connectivity index (χ2n) is 5.40. The van der Waals surface area contributed by atoms with Crippen molar-refractivity contribution in [3.63, 3.8) is 0 Å². The van der Waals surface area contributed by atoms with Gasteiger partial charge < -0.3 is 15.4 Å². The van der Waals surface area contributed by atoms with E-state index in [0.29, 0.717) is 0 Å². The minimum Gasteiger partial charge on any atom is -0.490 e. The zero-order valence-corrected chi connectivity index (χ0v) is 13.3. The van der Waals surface area contributed by atoms with Gasteiger partial charge in [-0.05, 0) is 25.0 Å². The average molecular weight is 312 g/mol. The Labute approximate surface area is 127 Å². The summed E-state index contributed by atoms with van der Waals surface area (Å²) in [6, 6.07) is 7.94. The van der Waals surface area contributed by atoms with Crippen molar-refractivity contribution >= 4 is 15.5 Å². The first-order valence-electron chi connectivity index (χ1n) is 7.44. The van der Waals surface area contributed by atoms with E-state index in [1.165, 1.54) is 0 Å². The van der Waals surface area contributed by atoms with Crippen molar-refractivity contribution in [3.05, 3.63) is 24.3 Å². The molecule has 5 nitrogen and oxygen atoms in total. The highest BCUT2D eigenvalue weighted by Crippen LogP contribution is 2.30. The lowest BCUT2D eigenvalue weighted by Crippen LogP contribution is -2.43. The lowest BCUT2D eigenvalue weighted by atomic mass is 10.1. The first-order chi connectivity index (χ1) is 10.0. The molecule has 1 aromatic rings. The van der Waals surface area contributed by atoms with Crippen molar-refractivity contribution in [1.29, 1.82) is 0 Å². The largest absolute Gasteiger partial charge is 0.490 e. The van der Waals surface area contributed by atoms with Crippen LogP contribution in [0.3, 0.4) is 0 Å². The number of para-hydroxylation sites is 2. The molecule has 0 saturated carbocycles. The second-order valence-corrected chi connectivity index (χ2v) is 7.87. The first kappa shape index (κ1) is 16.1. The standard InChI is InChI=1S/C15H24N2O3S/c1-2-21(18,19)11-10-20-15-8-4-3-7-14(15)17-9-5-6-13(16)12-17/h3-4,7-8,13H,2,5-6,9-12,16H2,1H3. The van der Waals surface area contributed by atoms with Gasteiger partial charge in [0, 0.05) is 24.9 Å². The van der Waals surface area contributed by atoms with Crippen LogP contribution in [-0.4, -0.2) is 45.7 Å². The van der Waals surface area contributed by atoms with Crippen LogP contribution in [0.25, 0.3) is 0 Å². The van der Waals surface area contributed by atoms with Crippen LogP contribution in [0.1, 0.15) is 19.8 Å². The second kappa shape index (κ2) is 7.13. The maximum absolute atomic E-state index is 11.5. The third-order valence-corrected chi connectivity index (χ3v) is 5.42. The normalized spacial score (nSPS) is 19.5. The number of ether oxygens (including phenoxy) is 1. The third kappa shape index (κ3) is 4.61. The number of benzene rings is 1. The zero-order chi connectivity index (χ0) is 15.3. The Kier molecular flexibility index (Phi) is 5.47. The van der Waals surface area contributed by atoms with E-state index in [1.807, 2.05) is 24.3 Å². The van der Waals surface area contributed by atoms with Crippen LogP contribution in [0.5, 0.6) is 5.75 Å². The van der Waals surface area contributed by atoms with Crippen molar-refractivity contribution in [2.75, 3.05) is 36.1 Å². The minimum absolute atomic E-state index is 0.0529. The summed E-state index contributed by atoms with van der Waals surface area (Å²) in [6.45, 7) is 3.61. The highest BCUT2D eigenvalue weighted by atomic mass is 32.2. The lowest BCUT2D eigenvalue weighted by molar-refractivity contribution is 0.340. The lowest BCUT2D eigenvalue weighted by Gasteiger charge is -2.33. The summed E-state index contributed by atoms with van der Waals surface area (Å²) in [5.41, 5.74) is 7.03. The van der Waals surface area contributed by atoms with Crippen LogP contribution in [0, 0.1) is 0 Å². The molecule has 2 rings (SSSR count). The quantitative estimate of drug-likeness (QED) is 0.860. The minimum atomic E-state index is -2.99. The molecule has 1 aliphatic heterocycles. The molecule has 6 heteroatoms. The summed E-state index contributed by atoms with van der Waals surface area (Å²) >= 11 is 0. The zero-order valence-electron chi connectivity index (χ0n) is 12.5. The van der Waals surface area contributed by atoms with Crippen LogP contribution in [0.4, 0.5) is 5.69 Å². The molecule has 0 bridgehead atoms. The predicted octanol–water partition coefficient (Wildman–Crippen LogP) is 1.43. The van der Waals surface area contributed by atoms with E-state index >= 15 is 0 Å². The van der Waals surface area contributed by atoms with Crippen LogP contribution < -0.4 is 15.4 Å². The molecule has 21 heavy (non-hydrogen) atoms. The fourth-order valence-corrected chi connectivity index (χ4v) is 3.12. The number of anilines is 1. The molecule has 1 aliphatic rings. The molecule has 1 heterocycles. The number of sulfone groups is 1. The van der Waals surface area contributed by atoms with Crippen LogP contribution in [-0.2, 0) is 9.84 Å². The van der Waals surface area contributed by atoms with E-state index in [-0.39, 0.29) is 24.2 Å². The van der Waals surface area contributed by atoms with E-state index in [2.05, 4.69) is 4.90 Å². The Morgan fingerprint density at radius 1 is 1.38 bits per heavy atom. The predicted molar refractivity (Wildman–Crippen MR) is 85.7 cm³/mol. The third-order valence-electron chi connectivity index (χ3n) is 3.76. The maximum atomic E-state index is 11.5. The van der Waals surface area contributed by atoms with Gasteiger partial charge in [0.05, 0.1) is 11.4 Å². The van der Waals surface area contributed by atoms with Crippen LogP contribution >= 0.6 is 0 Å². The summed E-state index contributed by atoms with van der Waals surface area (Å²) in [5, 5.41) is 0. The van der Waals surface area contributed by atoms with Gasteiger partial charge in [-0.25, -0.2) is 8.42 Å². The summed E-state index contributed by atoms with van der Waals surface area (Å²) in [4.78, 5) is 2.22. The molecule has 1 aromatic carbocycles. The van der Waals surface area contributed by atoms with Gasteiger partial charge >= 0.3 is 0 Å². The molecule has 118 valence electrons. The number of hydrogen-bond donors (Lipinski definition) is 1. The molecule has 1 saturated heterocycles. The van der Waals surface area contributed by atoms with Gasteiger partial charge in [0.15, 0.2) is 9.84 Å². The van der Waals surface area contributed by atoms with E-state index in [1.54, 1.807) is 6.92 Å². The Balaban J connectivity index is 2.03. The molecule has 0 radical (unpaired) electrons. The summed E-state index contributed by atoms with van der Waals surface area (Å²) in [7, 11) is -2.99. The molecule has 0 amide bonds. The Morgan fingerprint density at radius 2 is 2.14 bits per heavy atom. The summed E-state index contributed by atoms with van der Waals surface area (Å²) in [5.74, 6) is 0.939. The molecular formula is C15H24N2O3S. The Bertz CT molecular complexity index is 560. The highest BCUT2D eigenvalue weighted by Gasteiger charge is 2.19. The van der Waals surface area contributed by atoms with Gasteiger partial charge in [-0.2, -0.15) is 0 Å². The van der Waals surface area contributed by atoms with Gasteiger partial charge in [-0.3, -0.25) is 0 Å². The smallest absolute Gasteiger partial charge is 0.153 e. The molecule has 1 atom stereocenters.